The van der Waals surface area contributed by atoms with Crippen LogP contribution >= 0.6 is 15.9 Å². The van der Waals surface area contributed by atoms with E-state index in [0.29, 0.717) is 31.9 Å². The van der Waals surface area contributed by atoms with Gasteiger partial charge >= 0.3 is 12.5 Å². The molecule has 0 saturated carbocycles. The minimum Gasteiger partial charge on any atom is -0.444 e. The zero-order valence-electron chi connectivity index (χ0n) is 14.2. The normalized spacial score (nSPS) is 16.0. The number of carbonyl (C=O) groups is 1. The predicted octanol–water partition coefficient (Wildman–Crippen LogP) is 4.40. The van der Waals surface area contributed by atoms with E-state index in [4.69, 9.17) is 4.74 Å². The minimum absolute atomic E-state index is 0.223. The molecule has 1 aliphatic heterocycles. The maximum Gasteiger partial charge on any atom is 0.573 e. The molecule has 1 amide bonds. The van der Waals surface area contributed by atoms with Crippen LogP contribution in [0.25, 0.3) is 0 Å². The van der Waals surface area contributed by atoms with Gasteiger partial charge in [-0.25, -0.2) is 4.79 Å². The lowest BCUT2D eigenvalue weighted by Gasteiger charge is -2.36. The number of benzene rings is 1. The van der Waals surface area contributed by atoms with Gasteiger partial charge in [-0.15, -0.1) is 13.2 Å². The fourth-order valence-electron chi connectivity index (χ4n) is 2.37. The highest BCUT2D eigenvalue weighted by Crippen LogP contribution is 2.34. The third-order valence-electron chi connectivity index (χ3n) is 3.44. The number of carbonyl (C=O) groups excluding carboxylic acids is 1. The van der Waals surface area contributed by atoms with Crippen molar-refractivity contribution in [3.63, 3.8) is 0 Å². The van der Waals surface area contributed by atoms with Crippen molar-refractivity contribution in [3.8, 4) is 5.75 Å². The monoisotopic (exact) mass is 424 g/mol. The van der Waals surface area contributed by atoms with Crippen molar-refractivity contribution in [3.05, 3.63) is 22.7 Å². The zero-order chi connectivity index (χ0) is 18.8. The molecule has 0 bridgehead atoms. The summed E-state index contributed by atoms with van der Waals surface area (Å²) in [5.74, 6) is -0.292. The molecule has 1 saturated heterocycles. The number of ether oxygens (including phenoxy) is 2. The molecule has 9 heteroatoms. The summed E-state index contributed by atoms with van der Waals surface area (Å²) < 4.78 is 46.9. The van der Waals surface area contributed by atoms with Gasteiger partial charge in [0, 0.05) is 37.9 Å². The topological polar surface area (TPSA) is 42.0 Å². The molecule has 1 fully saturated rings. The lowest BCUT2D eigenvalue weighted by molar-refractivity contribution is -0.274. The third kappa shape index (κ3) is 5.98. The molecule has 1 heterocycles. The van der Waals surface area contributed by atoms with E-state index in [0.717, 1.165) is 0 Å². The van der Waals surface area contributed by atoms with Crippen molar-refractivity contribution in [1.29, 1.82) is 0 Å². The van der Waals surface area contributed by atoms with Gasteiger partial charge in [0.2, 0.25) is 0 Å². The highest BCUT2D eigenvalue weighted by Gasteiger charge is 2.32. The number of alkyl halides is 3. The summed E-state index contributed by atoms with van der Waals surface area (Å²) in [6.07, 6.45) is -5.14. The van der Waals surface area contributed by atoms with Crippen molar-refractivity contribution in [2.75, 3.05) is 31.1 Å². The molecule has 0 N–H and O–H groups in total. The van der Waals surface area contributed by atoms with Crippen LogP contribution < -0.4 is 9.64 Å². The van der Waals surface area contributed by atoms with Crippen LogP contribution in [0.5, 0.6) is 5.75 Å². The van der Waals surface area contributed by atoms with E-state index < -0.39 is 12.0 Å². The molecule has 1 aromatic carbocycles. The van der Waals surface area contributed by atoms with Crippen LogP contribution in [0.2, 0.25) is 0 Å². The van der Waals surface area contributed by atoms with Crippen molar-refractivity contribution in [1.82, 2.24) is 4.90 Å². The second kappa shape index (κ2) is 7.31. The largest absolute Gasteiger partial charge is 0.573 e. The van der Waals surface area contributed by atoms with E-state index in [1.807, 2.05) is 4.90 Å². The van der Waals surface area contributed by atoms with E-state index in [2.05, 4.69) is 20.7 Å². The molecule has 25 heavy (non-hydrogen) atoms. The molecule has 0 aliphatic carbocycles. The number of amides is 1. The highest BCUT2D eigenvalue weighted by atomic mass is 79.9. The Balaban J connectivity index is 2.01. The first-order chi connectivity index (χ1) is 11.4. The van der Waals surface area contributed by atoms with Crippen LogP contribution in [0, 0.1) is 0 Å². The summed E-state index contributed by atoms with van der Waals surface area (Å²) in [4.78, 5) is 15.5. The Bertz CT molecular complexity index is 624. The lowest BCUT2D eigenvalue weighted by Crippen LogP contribution is -2.50. The number of hydrogen-bond donors (Lipinski definition) is 0. The number of hydrogen-bond acceptors (Lipinski definition) is 4. The molecule has 0 atom stereocenters. The molecule has 0 aromatic heterocycles. The summed E-state index contributed by atoms with van der Waals surface area (Å²) >= 11 is 3.05. The molecule has 1 aromatic rings. The molecule has 2 rings (SSSR count). The van der Waals surface area contributed by atoms with Crippen LogP contribution in [-0.4, -0.2) is 49.1 Å². The third-order valence-corrected chi connectivity index (χ3v) is 4.09. The highest BCUT2D eigenvalue weighted by molar-refractivity contribution is 9.10. The second-order valence-corrected chi connectivity index (χ2v) is 7.47. The van der Waals surface area contributed by atoms with Gasteiger partial charge in [-0.05, 0) is 48.8 Å². The fourth-order valence-corrected chi connectivity index (χ4v) is 2.69. The van der Waals surface area contributed by atoms with Crippen molar-refractivity contribution < 1.29 is 27.4 Å². The number of rotatable bonds is 2. The van der Waals surface area contributed by atoms with Gasteiger partial charge in [-0.2, -0.15) is 0 Å². The molecule has 140 valence electrons. The number of anilines is 1. The van der Waals surface area contributed by atoms with Crippen LogP contribution in [0.4, 0.5) is 23.7 Å². The van der Waals surface area contributed by atoms with Crippen LogP contribution in [0.1, 0.15) is 20.8 Å². The smallest absolute Gasteiger partial charge is 0.444 e. The van der Waals surface area contributed by atoms with Crippen LogP contribution in [-0.2, 0) is 4.74 Å². The van der Waals surface area contributed by atoms with Crippen molar-refractivity contribution in [2.24, 2.45) is 0 Å². The average molecular weight is 425 g/mol. The van der Waals surface area contributed by atoms with E-state index in [-0.39, 0.29) is 16.3 Å². The maximum atomic E-state index is 12.5. The molecule has 0 radical (unpaired) electrons. The molecular weight excluding hydrogens is 405 g/mol. The summed E-state index contributed by atoms with van der Waals surface area (Å²) in [5, 5.41) is 0. The summed E-state index contributed by atoms with van der Waals surface area (Å²) in [6, 6.07) is 4.55. The van der Waals surface area contributed by atoms with Gasteiger partial charge in [-0.3, -0.25) is 0 Å². The van der Waals surface area contributed by atoms with Crippen LogP contribution in [0.15, 0.2) is 22.7 Å². The second-order valence-electron chi connectivity index (χ2n) is 6.62. The number of nitrogens with zero attached hydrogens (tertiary/aromatic N) is 2. The molecular formula is C16H20BrF3N2O3. The first-order valence-electron chi connectivity index (χ1n) is 7.73. The first kappa shape index (κ1) is 19.7. The number of halogens is 4. The van der Waals surface area contributed by atoms with E-state index in [1.54, 1.807) is 31.7 Å². The van der Waals surface area contributed by atoms with Crippen molar-refractivity contribution in [2.45, 2.75) is 32.7 Å². The summed E-state index contributed by atoms with van der Waals surface area (Å²) in [6.45, 7) is 7.24. The number of piperazine rings is 1. The van der Waals surface area contributed by atoms with Gasteiger partial charge in [-0.1, -0.05) is 0 Å². The summed E-state index contributed by atoms with van der Waals surface area (Å²) in [5.41, 5.74) is 0.0373. The Labute approximate surface area is 152 Å². The zero-order valence-corrected chi connectivity index (χ0v) is 15.8. The average Bonchev–Trinajstić information content (AvgIpc) is 2.46. The molecule has 1 aliphatic rings. The Morgan fingerprint density at radius 1 is 1.12 bits per heavy atom. The van der Waals surface area contributed by atoms with Gasteiger partial charge < -0.3 is 19.3 Å². The van der Waals surface area contributed by atoms with E-state index in [1.165, 1.54) is 12.1 Å². The maximum absolute atomic E-state index is 12.5. The first-order valence-corrected chi connectivity index (χ1v) is 8.52. The van der Waals surface area contributed by atoms with Gasteiger partial charge in [0.05, 0.1) is 4.47 Å². The fraction of sp³-hybridized carbons (Fsp3) is 0.562. The standard InChI is InChI=1S/C16H20BrF3N2O3/c1-15(2,3)25-14(23)22-8-6-21(7-9-22)11-4-5-12(17)13(10-11)24-16(18,19)20/h4-5,10H,6-9H2,1-3H3. The predicted molar refractivity (Wildman–Crippen MR) is 90.8 cm³/mol. The van der Waals surface area contributed by atoms with Crippen LogP contribution in [0.3, 0.4) is 0 Å². The van der Waals surface area contributed by atoms with Gasteiger partial charge in [0.1, 0.15) is 11.4 Å². The Kier molecular flexibility index (Phi) is 5.75. The molecule has 5 nitrogen and oxygen atoms in total. The van der Waals surface area contributed by atoms with Gasteiger partial charge in [0.25, 0.3) is 0 Å². The van der Waals surface area contributed by atoms with E-state index >= 15 is 0 Å². The lowest BCUT2D eigenvalue weighted by atomic mass is 10.2. The summed E-state index contributed by atoms with van der Waals surface area (Å²) in [7, 11) is 0. The molecule has 0 spiro atoms. The Morgan fingerprint density at radius 3 is 2.24 bits per heavy atom. The van der Waals surface area contributed by atoms with Gasteiger partial charge in [0.15, 0.2) is 0 Å². The minimum atomic E-state index is -4.75. The quantitative estimate of drug-likeness (QED) is 0.705. The Hall–Kier alpha value is -1.64. The van der Waals surface area contributed by atoms with Crippen molar-refractivity contribution >= 4 is 27.7 Å². The SMILES string of the molecule is CC(C)(C)OC(=O)N1CCN(c2ccc(Br)c(OC(F)(F)F)c2)CC1. The Morgan fingerprint density at radius 2 is 1.72 bits per heavy atom. The molecule has 0 unspecified atom stereocenters. The van der Waals surface area contributed by atoms with E-state index in [9.17, 15) is 18.0 Å².